The maximum atomic E-state index is 14.1. The molecule has 1 amide bonds. The van der Waals surface area contributed by atoms with Gasteiger partial charge in [0, 0.05) is 5.02 Å². The zero-order valence-corrected chi connectivity index (χ0v) is 15.7. The molecule has 2 aromatic carbocycles. The molecule has 0 heterocycles. The van der Waals surface area contributed by atoms with E-state index >= 15 is 0 Å². The molecule has 0 saturated heterocycles. The Morgan fingerprint density at radius 2 is 1.81 bits per heavy atom. The van der Waals surface area contributed by atoms with Crippen LogP contribution in [-0.2, 0) is 12.7 Å². The number of carbonyl (C=O) groups excluding carboxylic acids is 1. The fourth-order valence-electron chi connectivity index (χ4n) is 2.23. The van der Waals surface area contributed by atoms with Gasteiger partial charge in [0.25, 0.3) is 5.91 Å². The van der Waals surface area contributed by atoms with E-state index in [-0.39, 0.29) is 11.7 Å². The van der Waals surface area contributed by atoms with Crippen LogP contribution in [0.1, 0.15) is 28.4 Å². The molecule has 3 nitrogen and oxygen atoms in total. The number of hydrogen-bond donors (Lipinski definition) is 1. The van der Waals surface area contributed by atoms with Crippen molar-refractivity contribution in [2.45, 2.75) is 19.6 Å². The normalized spacial score (nSPS) is 11.3. The molecule has 0 aliphatic heterocycles. The number of nitrogens with zero attached hydrogens (tertiary/aromatic N) is 1. The first-order valence-electron chi connectivity index (χ1n) is 7.78. The minimum atomic E-state index is -4.71. The third kappa shape index (κ3) is 5.46. The van der Waals surface area contributed by atoms with E-state index in [0.717, 1.165) is 16.7 Å². The van der Waals surface area contributed by atoms with Gasteiger partial charge < -0.3 is 0 Å². The first kappa shape index (κ1) is 21.2. The van der Waals surface area contributed by atoms with Gasteiger partial charge in [-0.1, -0.05) is 42.4 Å². The van der Waals surface area contributed by atoms with Crippen LogP contribution in [0.25, 0.3) is 0 Å². The number of nitrogens with one attached hydrogen (secondary N) is 1. The highest BCUT2D eigenvalue weighted by Crippen LogP contribution is 2.31. The number of amides is 1. The van der Waals surface area contributed by atoms with Crippen LogP contribution in [0.5, 0.6) is 0 Å². The van der Waals surface area contributed by atoms with Gasteiger partial charge in [0.2, 0.25) is 0 Å². The highest BCUT2D eigenvalue weighted by molar-refractivity contribution is 8.13. The van der Waals surface area contributed by atoms with Gasteiger partial charge in [-0.15, -0.1) is 0 Å². The van der Waals surface area contributed by atoms with Crippen molar-refractivity contribution in [1.82, 2.24) is 4.90 Å². The maximum absolute atomic E-state index is 14.1. The molecule has 27 heavy (non-hydrogen) atoms. The van der Waals surface area contributed by atoms with Crippen molar-refractivity contribution in [3.8, 4) is 0 Å². The zero-order chi connectivity index (χ0) is 20.2. The average Bonchev–Trinajstić information content (AvgIpc) is 2.60. The van der Waals surface area contributed by atoms with Crippen molar-refractivity contribution in [2.75, 3.05) is 5.75 Å². The lowest BCUT2D eigenvalue weighted by atomic mass is 10.1. The Morgan fingerprint density at radius 1 is 1.19 bits per heavy atom. The van der Waals surface area contributed by atoms with E-state index in [1.54, 1.807) is 31.2 Å². The van der Waals surface area contributed by atoms with E-state index in [1.165, 1.54) is 0 Å². The molecule has 0 atom stereocenters. The summed E-state index contributed by atoms with van der Waals surface area (Å²) in [6, 6.07) is 8.05. The van der Waals surface area contributed by atoms with Crippen molar-refractivity contribution in [3.05, 3.63) is 70.0 Å². The van der Waals surface area contributed by atoms with Crippen LogP contribution >= 0.6 is 23.4 Å². The topological polar surface area (TPSA) is 44.2 Å². The lowest BCUT2D eigenvalue weighted by Gasteiger charge is -2.23. The zero-order valence-electron chi connectivity index (χ0n) is 14.1. The average molecular weight is 419 g/mol. The van der Waals surface area contributed by atoms with Gasteiger partial charge in [-0.05, 0) is 41.6 Å². The number of halogens is 5. The molecule has 0 fully saturated rings. The SMILES string of the molecule is CCSC(=N)N(Cc1ccc(Cl)cc1)C(=O)c1cc(C(F)(F)F)ccc1F. The number of rotatable bonds is 4. The third-order valence-electron chi connectivity index (χ3n) is 3.55. The highest BCUT2D eigenvalue weighted by atomic mass is 35.5. The Labute approximate surface area is 162 Å². The Bertz CT molecular complexity index is 840. The van der Waals surface area contributed by atoms with Crippen molar-refractivity contribution in [2.24, 2.45) is 0 Å². The van der Waals surface area contributed by atoms with Crippen molar-refractivity contribution >= 4 is 34.4 Å². The standard InChI is InChI=1S/C18H15ClF4N2OS/c1-2-27-17(24)25(10-11-3-6-13(19)7-4-11)16(26)14-9-12(18(21,22)23)5-8-15(14)20/h3-9,24H,2,10H2,1H3. The minimum Gasteiger partial charge on any atom is -0.283 e. The molecule has 0 aliphatic rings. The number of carbonyl (C=O) groups is 1. The summed E-state index contributed by atoms with van der Waals surface area (Å²) in [7, 11) is 0. The molecule has 144 valence electrons. The van der Waals surface area contributed by atoms with Crippen molar-refractivity contribution < 1.29 is 22.4 Å². The molecule has 0 unspecified atom stereocenters. The Kier molecular flexibility index (Phi) is 6.89. The second kappa shape index (κ2) is 8.75. The minimum absolute atomic E-state index is 0.0997. The quantitative estimate of drug-likeness (QED) is 0.386. The first-order chi connectivity index (χ1) is 12.6. The molecule has 0 aliphatic carbocycles. The monoisotopic (exact) mass is 418 g/mol. The van der Waals surface area contributed by atoms with E-state index in [2.05, 4.69) is 0 Å². The molecule has 0 spiro atoms. The van der Waals surface area contributed by atoms with Gasteiger partial charge in [0.1, 0.15) is 5.82 Å². The fraction of sp³-hybridized carbons (Fsp3) is 0.222. The number of benzene rings is 2. The Balaban J connectivity index is 2.41. The summed E-state index contributed by atoms with van der Waals surface area (Å²) in [6.45, 7) is 1.66. The summed E-state index contributed by atoms with van der Waals surface area (Å²) in [5.74, 6) is -1.63. The molecule has 0 aromatic heterocycles. The van der Waals surface area contributed by atoms with E-state index in [1.807, 2.05) is 0 Å². The van der Waals surface area contributed by atoms with Crippen LogP contribution in [0.2, 0.25) is 5.02 Å². The van der Waals surface area contributed by atoms with Crippen LogP contribution in [0.15, 0.2) is 42.5 Å². The Morgan fingerprint density at radius 3 is 2.37 bits per heavy atom. The lowest BCUT2D eigenvalue weighted by molar-refractivity contribution is -0.137. The van der Waals surface area contributed by atoms with Gasteiger partial charge in [0.15, 0.2) is 5.17 Å². The molecule has 2 aromatic rings. The molecular weight excluding hydrogens is 404 g/mol. The van der Waals surface area contributed by atoms with E-state index in [0.29, 0.717) is 34.5 Å². The van der Waals surface area contributed by atoms with Gasteiger partial charge in [-0.3, -0.25) is 15.1 Å². The number of alkyl halides is 3. The van der Waals surface area contributed by atoms with Crippen molar-refractivity contribution in [3.63, 3.8) is 0 Å². The summed E-state index contributed by atoms with van der Waals surface area (Å²) in [4.78, 5) is 13.7. The summed E-state index contributed by atoms with van der Waals surface area (Å²) < 4.78 is 52.9. The van der Waals surface area contributed by atoms with Gasteiger partial charge in [0.05, 0.1) is 17.7 Å². The Hall–Kier alpha value is -2.06. The molecule has 0 bridgehead atoms. The molecule has 9 heteroatoms. The van der Waals surface area contributed by atoms with E-state index < -0.39 is 29.0 Å². The maximum Gasteiger partial charge on any atom is 0.416 e. The van der Waals surface area contributed by atoms with Gasteiger partial charge in [-0.2, -0.15) is 13.2 Å². The van der Waals surface area contributed by atoms with Crippen molar-refractivity contribution in [1.29, 1.82) is 5.41 Å². The smallest absolute Gasteiger partial charge is 0.283 e. The van der Waals surface area contributed by atoms with E-state index in [4.69, 9.17) is 17.0 Å². The predicted molar refractivity (Wildman–Crippen MR) is 98.6 cm³/mol. The third-order valence-corrected chi connectivity index (χ3v) is 4.58. The summed E-state index contributed by atoms with van der Waals surface area (Å²) in [6.07, 6.45) is -4.71. The van der Waals surface area contributed by atoms with E-state index in [9.17, 15) is 22.4 Å². The molecular formula is C18H15ClF4N2OS. The molecule has 0 saturated carbocycles. The molecule has 0 radical (unpaired) electrons. The predicted octanol–water partition coefficient (Wildman–Crippen LogP) is 5.83. The second-order valence-electron chi connectivity index (χ2n) is 5.45. The van der Waals surface area contributed by atoms with Crippen LogP contribution in [-0.4, -0.2) is 21.7 Å². The second-order valence-corrected chi connectivity index (χ2v) is 7.14. The lowest BCUT2D eigenvalue weighted by Crippen LogP contribution is -2.35. The van der Waals surface area contributed by atoms with Crippen LogP contribution in [0.3, 0.4) is 0 Å². The number of amidine groups is 1. The summed E-state index contributed by atoms with van der Waals surface area (Å²) in [5, 5.41) is 8.35. The number of hydrogen-bond acceptors (Lipinski definition) is 3. The van der Waals surface area contributed by atoms with Crippen LogP contribution in [0.4, 0.5) is 17.6 Å². The molecule has 2 rings (SSSR count). The van der Waals surface area contributed by atoms with Crippen LogP contribution in [0, 0.1) is 11.2 Å². The van der Waals surface area contributed by atoms with Gasteiger partial charge >= 0.3 is 6.18 Å². The highest BCUT2D eigenvalue weighted by Gasteiger charge is 2.33. The number of thioether (sulfide) groups is 1. The van der Waals surface area contributed by atoms with Gasteiger partial charge in [-0.25, -0.2) is 4.39 Å². The van der Waals surface area contributed by atoms with Crippen LogP contribution < -0.4 is 0 Å². The molecule has 1 N–H and O–H groups in total. The fourth-order valence-corrected chi connectivity index (χ4v) is 2.94. The summed E-state index contributed by atoms with van der Waals surface area (Å²) >= 11 is 6.83. The first-order valence-corrected chi connectivity index (χ1v) is 9.14. The summed E-state index contributed by atoms with van der Waals surface area (Å²) in [5.41, 5.74) is -1.27. The largest absolute Gasteiger partial charge is 0.416 e.